The zero-order valence-electron chi connectivity index (χ0n) is 12.5. The molecule has 2 aromatic rings. The Kier molecular flexibility index (Phi) is 4.83. The van der Waals surface area contributed by atoms with Crippen molar-refractivity contribution < 1.29 is 19.1 Å². The minimum Gasteiger partial charge on any atom is -0.478 e. The molecule has 2 N–H and O–H groups in total. The number of hydrogen-bond acceptors (Lipinski definition) is 3. The van der Waals surface area contributed by atoms with Crippen LogP contribution in [0.3, 0.4) is 0 Å². The van der Waals surface area contributed by atoms with Gasteiger partial charge in [0.1, 0.15) is 11.5 Å². The fraction of sp³-hybridized carbons (Fsp3) is 0.250. The van der Waals surface area contributed by atoms with Crippen molar-refractivity contribution in [1.29, 1.82) is 0 Å². The van der Waals surface area contributed by atoms with E-state index in [1.54, 1.807) is 19.2 Å². The van der Waals surface area contributed by atoms with Gasteiger partial charge in [0.15, 0.2) is 0 Å². The van der Waals surface area contributed by atoms with Crippen LogP contribution in [0.1, 0.15) is 27.4 Å². The van der Waals surface area contributed by atoms with Crippen LogP contribution in [0, 0.1) is 6.92 Å². The van der Waals surface area contributed by atoms with Crippen LogP contribution in [0.2, 0.25) is 0 Å². The second kappa shape index (κ2) is 6.80. The SMILES string of the molecule is Cc1ccc(CN(C)C(=O)NCc2ccc(C(=O)O)cc2)o1. The molecular formula is C16H18N2O4. The van der Waals surface area contributed by atoms with E-state index >= 15 is 0 Å². The monoisotopic (exact) mass is 302 g/mol. The summed E-state index contributed by atoms with van der Waals surface area (Å²) in [6.45, 7) is 2.57. The summed E-state index contributed by atoms with van der Waals surface area (Å²) in [6, 6.07) is 9.85. The zero-order valence-corrected chi connectivity index (χ0v) is 12.5. The Morgan fingerprint density at radius 2 is 1.86 bits per heavy atom. The van der Waals surface area contributed by atoms with E-state index in [-0.39, 0.29) is 11.6 Å². The van der Waals surface area contributed by atoms with Crippen molar-refractivity contribution in [1.82, 2.24) is 10.2 Å². The van der Waals surface area contributed by atoms with E-state index in [0.717, 1.165) is 17.1 Å². The van der Waals surface area contributed by atoms with Crippen molar-refractivity contribution in [3.63, 3.8) is 0 Å². The largest absolute Gasteiger partial charge is 0.478 e. The molecule has 0 radical (unpaired) electrons. The number of carboxylic acid groups (broad SMARTS) is 1. The number of rotatable bonds is 5. The molecule has 22 heavy (non-hydrogen) atoms. The number of carbonyl (C=O) groups is 2. The molecule has 0 unspecified atom stereocenters. The molecule has 6 heteroatoms. The first-order chi connectivity index (χ1) is 10.5. The average Bonchev–Trinajstić information content (AvgIpc) is 2.90. The molecule has 1 aromatic carbocycles. The van der Waals surface area contributed by atoms with Crippen molar-refractivity contribution in [2.75, 3.05) is 7.05 Å². The molecule has 2 amide bonds. The Hall–Kier alpha value is -2.76. The fourth-order valence-corrected chi connectivity index (χ4v) is 1.95. The minimum atomic E-state index is -0.968. The number of hydrogen-bond donors (Lipinski definition) is 2. The van der Waals surface area contributed by atoms with Gasteiger partial charge in [-0.05, 0) is 36.8 Å². The van der Waals surface area contributed by atoms with Gasteiger partial charge in [0.05, 0.1) is 12.1 Å². The molecule has 0 bridgehead atoms. The molecule has 0 aliphatic rings. The number of nitrogens with zero attached hydrogens (tertiary/aromatic N) is 1. The third kappa shape index (κ3) is 4.12. The van der Waals surface area contributed by atoms with Crippen LogP contribution in [0.25, 0.3) is 0 Å². The summed E-state index contributed by atoms with van der Waals surface area (Å²) in [6.07, 6.45) is 0. The minimum absolute atomic E-state index is 0.223. The molecule has 116 valence electrons. The average molecular weight is 302 g/mol. The molecule has 1 heterocycles. The lowest BCUT2D eigenvalue weighted by Gasteiger charge is -2.16. The van der Waals surface area contributed by atoms with Gasteiger partial charge in [-0.15, -0.1) is 0 Å². The maximum Gasteiger partial charge on any atom is 0.335 e. The molecule has 0 fully saturated rings. The highest BCUT2D eigenvalue weighted by molar-refractivity contribution is 5.87. The highest BCUT2D eigenvalue weighted by atomic mass is 16.4. The predicted octanol–water partition coefficient (Wildman–Crippen LogP) is 2.63. The van der Waals surface area contributed by atoms with Gasteiger partial charge in [0.2, 0.25) is 0 Å². The Bertz CT molecular complexity index is 661. The van der Waals surface area contributed by atoms with Gasteiger partial charge in [-0.25, -0.2) is 9.59 Å². The van der Waals surface area contributed by atoms with Crippen LogP contribution in [-0.2, 0) is 13.1 Å². The maximum absolute atomic E-state index is 12.0. The van der Waals surface area contributed by atoms with Crippen LogP contribution in [-0.4, -0.2) is 29.1 Å². The topological polar surface area (TPSA) is 82.8 Å². The van der Waals surface area contributed by atoms with E-state index < -0.39 is 5.97 Å². The van der Waals surface area contributed by atoms with Crippen LogP contribution < -0.4 is 5.32 Å². The van der Waals surface area contributed by atoms with E-state index in [1.807, 2.05) is 19.1 Å². The van der Waals surface area contributed by atoms with Gasteiger partial charge in [0, 0.05) is 13.6 Å². The van der Waals surface area contributed by atoms with E-state index in [1.165, 1.54) is 17.0 Å². The second-order valence-corrected chi connectivity index (χ2v) is 5.03. The maximum atomic E-state index is 12.0. The van der Waals surface area contributed by atoms with E-state index in [2.05, 4.69) is 5.32 Å². The third-order valence-electron chi connectivity index (χ3n) is 3.18. The summed E-state index contributed by atoms with van der Waals surface area (Å²) in [5.74, 6) is 0.562. The molecular weight excluding hydrogens is 284 g/mol. The van der Waals surface area contributed by atoms with Crippen LogP contribution in [0.15, 0.2) is 40.8 Å². The number of aromatic carboxylic acids is 1. The summed E-state index contributed by atoms with van der Waals surface area (Å²) in [4.78, 5) is 24.3. The first kappa shape index (κ1) is 15.6. The third-order valence-corrected chi connectivity index (χ3v) is 3.18. The number of aryl methyl sites for hydroxylation is 1. The van der Waals surface area contributed by atoms with Crippen LogP contribution in [0.5, 0.6) is 0 Å². The van der Waals surface area contributed by atoms with Gasteiger partial charge in [0.25, 0.3) is 0 Å². The van der Waals surface area contributed by atoms with Crippen molar-refractivity contribution in [3.05, 3.63) is 59.0 Å². The smallest absolute Gasteiger partial charge is 0.335 e. The van der Waals surface area contributed by atoms with Crippen LogP contribution in [0.4, 0.5) is 4.79 Å². The summed E-state index contributed by atoms with van der Waals surface area (Å²) >= 11 is 0. The van der Waals surface area contributed by atoms with E-state index in [9.17, 15) is 9.59 Å². The highest BCUT2D eigenvalue weighted by Crippen LogP contribution is 2.09. The predicted molar refractivity (Wildman–Crippen MR) is 80.5 cm³/mol. The summed E-state index contributed by atoms with van der Waals surface area (Å²) < 4.78 is 5.43. The van der Waals surface area contributed by atoms with Crippen molar-refractivity contribution >= 4 is 12.0 Å². The number of furan rings is 1. The van der Waals surface area contributed by atoms with Crippen LogP contribution >= 0.6 is 0 Å². The lowest BCUT2D eigenvalue weighted by atomic mass is 10.1. The standard InChI is InChI=1S/C16H18N2O4/c1-11-3-8-14(22-11)10-18(2)16(21)17-9-12-4-6-13(7-5-12)15(19)20/h3-8H,9-10H2,1-2H3,(H,17,21)(H,19,20). The Morgan fingerprint density at radius 3 is 2.41 bits per heavy atom. The molecule has 0 saturated carbocycles. The van der Waals surface area contributed by atoms with Gasteiger partial charge in [-0.3, -0.25) is 0 Å². The number of carbonyl (C=O) groups excluding carboxylic acids is 1. The number of amides is 2. The molecule has 0 aliphatic heterocycles. The number of benzene rings is 1. The zero-order chi connectivity index (χ0) is 16.1. The second-order valence-electron chi connectivity index (χ2n) is 5.03. The lowest BCUT2D eigenvalue weighted by Crippen LogP contribution is -2.36. The highest BCUT2D eigenvalue weighted by Gasteiger charge is 2.11. The Labute approximate surface area is 128 Å². The molecule has 0 aliphatic carbocycles. The molecule has 2 rings (SSSR count). The molecule has 1 aromatic heterocycles. The van der Waals surface area contributed by atoms with Gasteiger partial charge < -0.3 is 19.7 Å². The quantitative estimate of drug-likeness (QED) is 0.889. The number of urea groups is 1. The Balaban J connectivity index is 1.85. The van der Waals surface area contributed by atoms with Gasteiger partial charge in [-0.2, -0.15) is 0 Å². The van der Waals surface area contributed by atoms with E-state index in [0.29, 0.717) is 13.1 Å². The van der Waals surface area contributed by atoms with Crippen molar-refractivity contribution in [2.24, 2.45) is 0 Å². The fourth-order valence-electron chi connectivity index (χ4n) is 1.95. The first-order valence-electron chi connectivity index (χ1n) is 6.82. The van der Waals surface area contributed by atoms with Gasteiger partial charge >= 0.3 is 12.0 Å². The molecule has 0 spiro atoms. The number of carboxylic acids is 1. The molecule has 0 saturated heterocycles. The number of nitrogens with one attached hydrogen (secondary N) is 1. The first-order valence-corrected chi connectivity index (χ1v) is 6.82. The van der Waals surface area contributed by atoms with Crippen molar-refractivity contribution in [2.45, 2.75) is 20.0 Å². The Morgan fingerprint density at radius 1 is 1.18 bits per heavy atom. The normalized spacial score (nSPS) is 10.3. The molecule has 0 atom stereocenters. The summed E-state index contributed by atoms with van der Waals surface area (Å²) in [5.41, 5.74) is 1.06. The van der Waals surface area contributed by atoms with Crippen molar-refractivity contribution in [3.8, 4) is 0 Å². The molecule has 6 nitrogen and oxygen atoms in total. The van der Waals surface area contributed by atoms with E-state index in [4.69, 9.17) is 9.52 Å². The lowest BCUT2D eigenvalue weighted by molar-refractivity contribution is 0.0697. The summed E-state index contributed by atoms with van der Waals surface area (Å²) in [7, 11) is 1.68. The van der Waals surface area contributed by atoms with Gasteiger partial charge in [-0.1, -0.05) is 12.1 Å². The summed E-state index contributed by atoms with van der Waals surface area (Å²) in [5, 5.41) is 11.6.